The van der Waals surface area contributed by atoms with Crippen LogP contribution >= 0.6 is 0 Å². The lowest BCUT2D eigenvalue weighted by molar-refractivity contribution is -0.169. The number of phenols is 1. The summed E-state index contributed by atoms with van der Waals surface area (Å²) in [5, 5.41) is 60.8. The number of aliphatic hydroxyl groups excluding tert-OH is 3. The molecule has 228 valence electrons. The normalized spacial score (nSPS) is 32.1. The molecule has 1 aromatic carbocycles. The fourth-order valence-electron chi connectivity index (χ4n) is 7.57. The molecule has 1 saturated carbocycles. The van der Waals surface area contributed by atoms with Gasteiger partial charge in [0.2, 0.25) is 5.78 Å². The fraction of sp³-hybridized carbons (Fsp3) is 0.567. The molecule has 12 heteroatoms. The van der Waals surface area contributed by atoms with Gasteiger partial charge in [-0.2, -0.15) is 0 Å². The van der Waals surface area contributed by atoms with Crippen LogP contribution < -0.4 is 11.1 Å². The molecule has 6 atom stereocenters. The number of likely N-dealkylation sites (tertiary alicyclic amines) is 1. The van der Waals surface area contributed by atoms with Crippen molar-refractivity contribution < 1.29 is 39.9 Å². The van der Waals surface area contributed by atoms with E-state index in [1.807, 2.05) is 0 Å². The van der Waals surface area contributed by atoms with Crippen LogP contribution in [0, 0.1) is 11.8 Å². The summed E-state index contributed by atoms with van der Waals surface area (Å²) in [4.78, 5) is 43.3. The van der Waals surface area contributed by atoms with Crippen LogP contribution in [0.15, 0.2) is 29.0 Å². The molecule has 0 spiro atoms. The third kappa shape index (κ3) is 4.23. The number of nitrogens with one attached hydrogen (secondary N) is 1. The molecule has 1 saturated heterocycles. The molecule has 1 aliphatic heterocycles. The van der Waals surface area contributed by atoms with E-state index in [0.29, 0.717) is 11.3 Å². The van der Waals surface area contributed by atoms with Gasteiger partial charge in [-0.3, -0.25) is 19.3 Å². The number of carbonyl (C=O) groups is 3. The van der Waals surface area contributed by atoms with E-state index < -0.39 is 75.6 Å². The molecule has 1 amide bonds. The molecular weight excluding hydrogens is 544 g/mol. The number of piperidine rings is 1. The van der Waals surface area contributed by atoms with Gasteiger partial charge in [-0.1, -0.05) is 19.9 Å². The maximum Gasteiger partial charge on any atom is 0.255 e. The van der Waals surface area contributed by atoms with E-state index in [4.69, 9.17) is 5.73 Å². The minimum Gasteiger partial charge on any atom is -0.508 e. The first-order valence-electron chi connectivity index (χ1n) is 14.4. The molecule has 42 heavy (non-hydrogen) atoms. The Morgan fingerprint density at radius 2 is 1.81 bits per heavy atom. The van der Waals surface area contributed by atoms with Crippen molar-refractivity contribution in [3.8, 4) is 5.75 Å². The summed E-state index contributed by atoms with van der Waals surface area (Å²) in [6.07, 6.45) is 1.18. The first kappa shape index (κ1) is 30.0. The molecule has 5 rings (SSSR count). The van der Waals surface area contributed by atoms with E-state index in [2.05, 4.69) is 17.1 Å². The second-order valence-electron chi connectivity index (χ2n) is 12.2. The summed E-state index contributed by atoms with van der Waals surface area (Å²) in [7, 11) is 2.95. The minimum atomic E-state index is -2.93. The number of amides is 1. The highest BCUT2D eigenvalue weighted by atomic mass is 16.4. The van der Waals surface area contributed by atoms with E-state index in [1.165, 1.54) is 19.0 Å². The summed E-state index contributed by atoms with van der Waals surface area (Å²) >= 11 is 0. The van der Waals surface area contributed by atoms with Gasteiger partial charge in [-0.25, -0.2) is 0 Å². The largest absolute Gasteiger partial charge is 0.508 e. The van der Waals surface area contributed by atoms with E-state index in [0.717, 1.165) is 38.9 Å². The zero-order chi connectivity index (χ0) is 30.8. The number of hydrogen-bond donors (Lipinski definition) is 7. The fourth-order valence-corrected chi connectivity index (χ4v) is 7.57. The maximum absolute atomic E-state index is 14.1. The van der Waals surface area contributed by atoms with Crippen LogP contribution in [0.3, 0.4) is 0 Å². The number of anilines is 1. The molecule has 8 N–H and O–H groups in total. The van der Waals surface area contributed by atoms with E-state index >= 15 is 0 Å². The quantitative estimate of drug-likeness (QED) is 0.184. The Kier molecular flexibility index (Phi) is 7.63. The maximum atomic E-state index is 14.1. The number of fused-ring (bicyclic) bond motifs is 3. The average molecular weight is 585 g/mol. The molecule has 4 aliphatic rings. The van der Waals surface area contributed by atoms with Gasteiger partial charge >= 0.3 is 0 Å². The molecule has 2 fully saturated rings. The van der Waals surface area contributed by atoms with Crippen LogP contribution in [0.1, 0.15) is 50.2 Å². The van der Waals surface area contributed by atoms with Gasteiger partial charge in [-0.15, -0.1) is 0 Å². The Hall–Kier alpha value is -3.45. The lowest BCUT2D eigenvalue weighted by Gasteiger charge is -2.53. The summed E-state index contributed by atoms with van der Waals surface area (Å²) in [5.74, 6) is -8.92. The molecule has 1 aromatic rings. The summed E-state index contributed by atoms with van der Waals surface area (Å²) in [6.45, 7) is 6.71. The third-order valence-corrected chi connectivity index (χ3v) is 9.62. The molecule has 0 aromatic heterocycles. The molecule has 0 unspecified atom stereocenters. The van der Waals surface area contributed by atoms with Crippen LogP contribution in [0.5, 0.6) is 5.75 Å². The standard InChI is InChI=1S/C30H40N4O8/c1-5-10-34-11-8-14(9-12-34)32-16-7-6-15-13(2)17-19(24(36)18(15)23(16)35)27(39)30(42)21(25(17)37)22(33(3)4)26(38)20(28(30)40)29(31)41/h6-7,13-14,17,21-22,25,32,35-37,40,42H,5,8-12H2,1-4H3,(H2,31,41)/t13-,17-,21+,22+,25-,30+/m1/s1. The molecular formula is C30H40N4O8. The van der Waals surface area contributed by atoms with Gasteiger partial charge in [-0.05, 0) is 57.5 Å². The highest BCUT2D eigenvalue weighted by Gasteiger charge is 2.68. The van der Waals surface area contributed by atoms with Crippen LogP contribution in [0.2, 0.25) is 0 Å². The van der Waals surface area contributed by atoms with Crippen molar-refractivity contribution in [3.63, 3.8) is 0 Å². The number of primary amides is 1. The second-order valence-corrected chi connectivity index (χ2v) is 12.2. The van der Waals surface area contributed by atoms with Crippen molar-refractivity contribution in [1.82, 2.24) is 9.80 Å². The smallest absolute Gasteiger partial charge is 0.255 e. The number of carbonyl (C=O) groups excluding carboxylic acids is 3. The molecule has 0 radical (unpaired) electrons. The number of ketones is 2. The lowest BCUT2D eigenvalue weighted by atomic mass is 9.54. The highest BCUT2D eigenvalue weighted by molar-refractivity contribution is 6.24. The van der Waals surface area contributed by atoms with Gasteiger partial charge in [0.15, 0.2) is 11.4 Å². The lowest BCUT2D eigenvalue weighted by Crippen LogP contribution is -2.70. The van der Waals surface area contributed by atoms with Crippen LogP contribution in [-0.4, -0.2) is 110 Å². The van der Waals surface area contributed by atoms with Crippen molar-refractivity contribution in [2.24, 2.45) is 17.6 Å². The number of rotatable bonds is 6. The van der Waals surface area contributed by atoms with Crippen LogP contribution in [-0.2, 0) is 14.4 Å². The molecule has 0 bridgehead atoms. The Balaban J connectivity index is 1.60. The Morgan fingerprint density at radius 1 is 1.17 bits per heavy atom. The van der Waals surface area contributed by atoms with E-state index in [1.54, 1.807) is 19.1 Å². The van der Waals surface area contributed by atoms with Gasteiger partial charge < -0.3 is 41.5 Å². The summed E-state index contributed by atoms with van der Waals surface area (Å²) in [5.41, 5.74) is 1.93. The first-order valence-corrected chi connectivity index (χ1v) is 14.4. The number of likely N-dealkylation sites (N-methyl/N-ethyl adjacent to an activating group) is 1. The van der Waals surface area contributed by atoms with Gasteiger partial charge in [0.25, 0.3) is 5.91 Å². The number of aliphatic hydroxyl groups is 4. The van der Waals surface area contributed by atoms with Crippen molar-refractivity contribution in [2.75, 3.05) is 39.0 Å². The number of nitrogens with two attached hydrogens (primary N) is 1. The molecule has 1 heterocycles. The van der Waals surface area contributed by atoms with Gasteiger partial charge in [0.1, 0.15) is 22.8 Å². The Labute approximate surface area is 244 Å². The minimum absolute atomic E-state index is 0.0144. The van der Waals surface area contributed by atoms with Crippen molar-refractivity contribution in [1.29, 1.82) is 0 Å². The number of Topliss-reactive ketones (excluding diaryl/α,β-unsaturated/α-hetero) is 2. The summed E-state index contributed by atoms with van der Waals surface area (Å²) < 4.78 is 0. The second kappa shape index (κ2) is 10.7. The van der Waals surface area contributed by atoms with Crippen LogP contribution in [0.4, 0.5) is 5.69 Å². The predicted octanol–water partition coefficient (Wildman–Crippen LogP) is 0.782. The number of benzene rings is 1. The number of hydrogen-bond acceptors (Lipinski definition) is 11. The first-order chi connectivity index (χ1) is 19.8. The predicted molar refractivity (Wildman–Crippen MR) is 154 cm³/mol. The molecule has 3 aliphatic carbocycles. The van der Waals surface area contributed by atoms with Crippen molar-refractivity contribution in [2.45, 2.75) is 62.8 Å². The Morgan fingerprint density at radius 3 is 2.38 bits per heavy atom. The van der Waals surface area contributed by atoms with Crippen LogP contribution in [0.25, 0.3) is 5.76 Å². The van der Waals surface area contributed by atoms with E-state index in [-0.39, 0.29) is 17.4 Å². The number of aromatic hydroxyl groups is 1. The highest BCUT2D eigenvalue weighted by Crippen LogP contribution is 2.56. The van der Waals surface area contributed by atoms with Gasteiger partial charge in [0.05, 0.1) is 29.3 Å². The van der Waals surface area contributed by atoms with Gasteiger partial charge in [0, 0.05) is 30.6 Å². The topological polar surface area (TPSA) is 197 Å². The zero-order valence-corrected chi connectivity index (χ0v) is 24.3. The Bertz CT molecular complexity index is 1400. The van der Waals surface area contributed by atoms with E-state index in [9.17, 15) is 39.9 Å². The zero-order valence-electron chi connectivity index (χ0n) is 24.3. The van der Waals surface area contributed by atoms with Crippen molar-refractivity contribution in [3.05, 3.63) is 40.2 Å². The SMILES string of the molecule is CCCN1CCC(Nc2ccc3c(c2O)C(O)=C2C(=O)[C@]4(O)C(O)=C(C(N)=O)C(=O)[C@@H](N(C)C)[C@H]4[C@H](O)[C@@H]2[C@@H]3C)CC1. The monoisotopic (exact) mass is 584 g/mol. The summed E-state index contributed by atoms with van der Waals surface area (Å²) in [6, 6.07) is 2.13. The average Bonchev–Trinajstić information content (AvgIpc) is 2.92. The number of nitrogens with zero attached hydrogens (tertiary/aromatic N) is 2. The molecule has 12 nitrogen and oxygen atoms in total. The number of phenolic OH excluding ortho intramolecular Hbond substituents is 1. The third-order valence-electron chi connectivity index (χ3n) is 9.62. The van der Waals surface area contributed by atoms with Crippen molar-refractivity contribution >= 4 is 28.9 Å².